The lowest BCUT2D eigenvalue weighted by molar-refractivity contribution is 0.706. The molecule has 2 atom stereocenters. The molecule has 0 nitrogen and oxygen atoms in total. The van der Waals surface area contributed by atoms with Crippen molar-refractivity contribution in [1.82, 2.24) is 0 Å². The minimum atomic E-state index is 0.525. The summed E-state index contributed by atoms with van der Waals surface area (Å²) in [6, 6.07) is 0. The van der Waals surface area contributed by atoms with Gasteiger partial charge in [-0.05, 0) is 25.7 Å². The van der Waals surface area contributed by atoms with Gasteiger partial charge in [-0.3, -0.25) is 0 Å². The van der Waals surface area contributed by atoms with Crippen LogP contribution in [0.4, 0.5) is 0 Å². The van der Waals surface area contributed by atoms with Crippen LogP contribution in [0.25, 0.3) is 0 Å². The topological polar surface area (TPSA) is 0 Å². The van der Waals surface area contributed by atoms with Gasteiger partial charge in [0.1, 0.15) is 0 Å². The van der Waals surface area contributed by atoms with Gasteiger partial charge in [-0.25, -0.2) is 0 Å². The minimum Gasteiger partial charge on any atom is -0.0928 e. The molecule has 0 rings (SSSR count). The Kier molecular flexibility index (Phi) is 11.0. The Labute approximate surface area is 109 Å². The molecular formula is C8H13Br4. The van der Waals surface area contributed by atoms with Crippen LogP contribution in [0.1, 0.15) is 19.3 Å². The zero-order valence-electron chi connectivity index (χ0n) is 6.78. The number of hydrogen-bond acceptors (Lipinski definition) is 0. The Morgan fingerprint density at radius 3 is 2.33 bits per heavy atom. The molecule has 0 aromatic carbocycles. The summed E-state index contributed by atoms with van der Waals surface area (Å²) in [5.41, 5.74) is 0. The molecule has 73 valence electrons. The highest BCUT2D eigenvalue weighted by atomic mass is 79.9. The summed E-state index contributed by atoms with van der Waals surface area (Å²) in [6.07, 6.45) is 5.87. The average molecular weight is 429 g/mol. The first kappa shape index (κ1) is 13.9. The van der Waals surface area contributed by atoms with Crippen molar-refractivity contribution in [1.29, 1.82) is 0 Å². The van der Waals surface area contributed by atoms with Crippen LogP contribution < -0.4 is 0 Å². The fourth-order valence-corrected chi connectivity index (χ4v) is 4.00. The lowest BCUT2D eigenvalue weighted by atomic mass is 10.1. The monoisotopic (exact) mass is 425 g/mol. The molecule has 0 aliphatic rings. The van der Waals surface area contributed by atoms with E-state index in [1.54, 1.807) is 0 Å². The molecule has 0 fully saturated rings. The molecule has 0 bridgehead atoms. The van der Waals surface area contributed by atoms with Crippen LogP contribution in [0.5, 0.6) is 0 Å². The van der Waals surface area contributed by atoms with E-state index in [1.165, 1.54) is 19.3 Å². The quantitative estimate of drug-likeness (QED) is 0.517. The van der Waals surface area contributed by atoms with Gasteiger partial charge in [0.25, 0.3) is 0 Å². The predicted molar refractivity (Wildman–Crippen MR) is 71.2 cm³/mol. The van der Waals surface area contributed by atoms with Gasteiger partial charge in [0, 0.05) is 20.3 Å². The molecule has 0 aliphatic heterocycles. The van der Waals surface area contributed by atoms with Crippen molar-refractivity contribution >= 4 is 63.7 Å². The van der Waals surface area contributed by atoms with Crippen LogP contribution in [0.2, 0.25) is 0 Å². The van der Waals surface area contributed by atoms with Crippen molar-refractivity contribution in [2.75, 3.05) is 10.7 Å². The maximum atomic E-state index is 3.66. The lowest BCUT2D eigenvalue weighted by Gasteiger charge is -2.12. The van der Waals surface area contributed by atoms with E-state index in [0.29, 0.717) is 9.65 Å². The maximum absolute atomic E-state index is 3.66. The van der Waals surface area contributed by atoms with Crippen LogP contribution in [0.15, 0.2) is 0 Å². The van der Waals surface area contributed by atoms with E-state index in [9.17, 15) is 0 Å². The van der Waals surface area contributed by atoms with Crippen LogP contribution in [0.3, 0.4) is 0 Å². The third kappa shape index (κ3) is 8.52. The van der Waals surface area contributed by atoms with Gasteiger partial charge in [-0.15, -0.1) is 0 Å². The van der Waals surface area contributed by atoms with Crippen LogP contribution in [0, 0.1) is 6.42 Å². The van der Waals surface area contributed by atoms with Gasteiger partial charge < -0.3 is 0 Å². The summed E-state index contributed by atoms with van der Waals surface area (Å²) in [6.45, 7) is 0. The van der Waals surface area contributed by atoms with Crippen molar-refractivity contribution in [3.8, 4) is 0 Å². The van der Waals surface area contributed by atoms with Crippen LogP contribution >= 0.6 is 63.7 Å². The second-order valence-corrected chi connectivity index (χ2v) is 6.48. The van der Waals surface area contributed by atoms with Crippen molar-refractivity contribution in [3.05, 3.63) is 6.42 Å². The second-order valence-electron chi connectivity index (χ2n) is 2.57. The molecule has 0 spiro atoms. The smallest absolute Gasteiger partial charge is 0.0196 e. The highest BCUT2D eigenvalue weighted by Gasteiger charge is 2.10. The normalized spacial score (nSPS) is 16.0. The van der Waals surface area contributed by atoms with E-state index in [0.717, 1.165) is 10.7 Å². The molecule has 1 radical (unpaired) electrons. The minimum absolute atomic E-state index is 0.525. The molecule has 0 saturated carbocycles. The molecule has 0 amide bonds. The fraction of sp³-hybridized carbons (Fsp3) is 0.875. The average Bonchev–Trinajstić information content (AvgIpc) is 2.01. The van der Waals surface area contributed by atoms with Crippen LogP contribution in [-0.4, -0.2) is 20.3 Å². The Balaban J connectivity index is 3.33. The highest BCUT2D eigenvalue weighted by Crippen LogP contribution is 2.21. The van der Waals surface area contributed by atoms with Gasteiger partial charge in [0.15, 0.2) is 0 Å². The van der Waals surface area contributed by atoms with E-state index >= 15 is 0 Å². The third-order valence-corrected chi connectivity index (χ3v) is 3.99. The highest BCUT2D eigenvalue weighted by molar-refractivity contribution is 9.10. The van der Waals surface area contributed by atoms with E-state index in [4.69, 9.17) is 0 Å². The summed E-state index contributed by atoms with van der Waals surface area (Å²) in [4.78, 5) is 1.16. The predicted octanol–water partition coefficient (Wildman–Crippen LogP) is 4.68. The summed E-state index contributed by atoms with van der Waals surface area (Å²) < 4.78 is 0. The molecule has 0 aliphatic carbocycles. The molecule has 12 heavy (non-hydrogen) atoms. The molecule has 0 saturated heterocycles. The molecule has 4 heteroatoms. The summed E-state index contributed by atoms with van der Waals surface area (Å²) in [5.74, 6) is 0. The van der Waals surface area contributed by atoms with Crippen molar-refractivity contribution in [2.45, 2.75) is 28.9 Å². The molecule has 0 N–H and O–H groups in total. The van der Waals surface area contributed by atoms with Crippen molar-refractivity contribution in [2.24, 2.45) is 0 Å². The van der Waals surface area contributed by atoms with Gasteiger partial charge in [0.05, 0.1) is 0 Å². The standard InChI is InChI=1S/C8H13Br4/c9-4-1-2-7(11)6-8(12)3-5-10/h3,7-8H,1-2,4-6H2. The van der Waals surface area contributed by atoms with Gasteiger partial charge in [0.2, 0.25) is 0 Å². The zero-order chi connectivity index (χ0) is 9.40. The second kappa shape index (κ2) is 9.47. The first-order chi connectivity index (χ1) is 5.70. The van der Waals surface area contributed by atoms with E-state index in [1.807, 2.05) is 0 Å². The Morgan fingerprint density at radius 1 is 1.17 bits per heavy atom. The number of alkyl halides is 4. The zero-order valence-corrected chi connectivity index (χ0v) is 13.1. The van der Waals surface area contributed by atoms with E-state index in [-0.39, 0.29) is 0 Å². The number of halogens is 4. The summed E-state index contributed by atoms with van der Waals surface area (Å²) in [5, 5.41) is 2.06. The molecule has 0 heterocycles. The molecular weight excluding hydrogens is 416 g/mol. The first-order valence-corrected chi connectivity index (χ1v) is 8.01. The van der Waals surface area contributed by atoms with Crippen molar-refractivity contribution in [3.63, 3.8) is 0 Å². The van der Waals surface area contributed by atoms with E-state index in [2.05, 4.69) is 70.1 Å². The lowest BCUT2D eigenvalue weighted by Crippen LogP contribution is -2.08. The first-order valence-electron chi connectivity index (χ1n) is 3.94. The Bertz CT molecular complexity index is 97.1. The SMILES string of the molecule is BrC[CH]C(Br)CC(Br)CCCBr. The Morgan fingerprint density at radius 2 is 1.83 bits per heavy atom. The van der Waals surface area contributed by atoms with Crippen LogP contribution in [-0.2, 0) is 0 Å². The molecule has 2 unspecified atom stereocenters. The summed E-state index contributed by atoms with van der Waals surface area (Å²) >= 11 is 14.1. The van der Waals surface area contributed by atoms with E-state index < -0.39 is 0 Å². The van der Waals surface area contributed by atoms with Gasteiger partial charge >= 0.3 is 0 Å². The third-order valence-electron chi connectivity index (χ3n) is 1.48. The molecule has 0 aromatic rings. The summed E-state index contributed by atoms with van der Waals surface area (Å²) in [7, 11) is 0. The van der Waals surface area contributed by atoms with Crippen molar-refractivity contribution < 1.29 is 0 Å². The van der Waals surface area contributed by atoms with Gasteiger partial charge in [-0.2, -0.15) is 0 Å². The number of rotatable bonds is 7. The molecule has 0 aromatic heterocycles. The van der Waals surface area contributed by atoms with Gasteiger partial charge in [-0.1, -0.05) is 63.7 Å². The Hall–Kier alpha value is 1.92. The fourth-order valence-electron chi connectivity index (χ4n) is 0.854. The number of hydrogen-bond donors (Lipinski definition) is 0. The largest absolute Gasteiger partial charge is 0.0928 e. The maximum Gasteiger partial charge on any atom is 0.0196 e.